The Morgan fingerprint density at radius 1 is 1.26 bits per heavy atom. The summed E-state index contributed by atoms with van der Waals surface area (Å²) in [5.74, 6) is 0.872. The number of benzene rings is 1. The summed E-state index contributed by atoms with van der Waals surface area (Å²) in [6.07, 6.45) is 6.78. The number of nitrogens with zero attached hydrogens (tertiary/aromatic N) is 3. The van der Waals surface area contributed by atoms with E-state index < -0.39 is 0 Å². The molecule has 6 nitrogen and oxygen atoms in total. The lowest BCUT2D eigenvalue weighted by Gasteiger charge is -2.26. The number of nitrogens with one attached hydrogen (secondary N) is 1. The summed E-state index contributed by atoms with van der Waals surface area (Å²) in [7, 11) is 0. The van der Waals surface area contributed by atoms with Crippen molar-refractivity contribution in [3.63, 3.8) is 0 Å². The van der Waals surface area contributed by atoms with Gasteiger partial charge in [-0.15, -0.1) is 0 Å². The summed E-state index contributed by atoms with van der Waals surface area (Å²) in [4.78, 5) is 14.9. The highest BCUT2D eigenvalue weighted by Gasteiger charge is 2.23. The minimum Gasteiger partial charge on any atom is -0.488 e. The molecule has 0 bridgehead atoms. The molecule has 1 amide bonds. The lowest BCUT2D eigenvalue weighted by atomic mass is 10.0. The predicted molar refractivity (Wildman–Crippen MR) is 105 cm³/mol. The largest absolute Gasteiger partial charge is 0.488 e. The zero-order valence-corrected chi connectivity index (χ0v) is 16.0. The number of fused-ring (bicyclic) bond motifs is 3. The Bertz CT molecular complexity index is 809. The number of carbonyl (C=O) groups excluding carboxylic acids is 1. The van der Waals surface area contributed by atoms with Crippen LogP contribution in [0.2, 0.25) is 0 Å². The molecule has 6 heteroatoms. The summed E-state index contributed by atoms with van der Waals surface area (Å²) >= 11 is 0. The lowest BCUT2D eigenvalue weighted by Crippen LogP contribution is -2.34. The van der Waals surface area contributed by atoms with Crippen molar-refractivity contribution >= 4 is 5.91 Å². The molecule has 144 valence electrons. The molecule has 1 N–H and O–H groups in total. The van der Waals surface area contributed by atoms with Crippen LogP contribution < -0.4 is 10.1 Å². The van der Waals surface area contributed by atoms with Gasteiger partial charge in [0.05, 0.1) is 11.9 Å². The number of aryl methyl sites for hydroxylation is 1. The average Bonchev–Trinajstić information content (AvgIpc) is 3.09. The molecule has 1 aromatic carbocycles. The number of piperidine rings is 1. The van der Waals surface area contributed by atoms with Gasteiger partial charge < -0.3 is 15.0 Å². The highest BCUT2D eigenvalue weighted by Crippen LogP contribution is 2.37. The maximum atomic E-state index is 12.4. The highest BCUT2D eigenvalue weighted by atomic mass is 16.5. The Kier molecular flexibility index (Phi) is 5.43. The van der Waals surface area contributed by atoms with Gasteiger partial charge in [-0.2, -0.15) is 5.10 Å². The van der Waals surface area contributed by atoms with Gasteiger partial charge in [0, 0.05) is 17.7 Å². The van der Waals surface area contributed by atoms with E-state index in [-0.39, 0.29) is 12.5 Å². The minimum absolute atomic E-state index is 0.0141. The van der Waals surface area contributed by atoms with Gasteiger partial charge in [0.1, 0.15) is 18.9 Å². The summed E-state index contributed by atoms with van der Waals surface area (Å²) < 4.78 is 7.60. The van der Waals surface area contributed by atoms with Crippen molar-refractivity contribution < 1.29 is 9.53 Å². The Morgan fingerprint density at radius 3 is 2.96 bits per heavy atom. The number of rotatable bonds is 6. The van der Waals surface area contributed by atoms with Crippen molar-refractivity contribution in [2.75, 3.05) is 26.2 Å². The molecule has 3 heterocycles. The van der Waals surface area contributed by atoms with Crippen LogP contribution in [0.3, 0.4) is 0 Å². The zero-order chi connectivity index (χ0) is 18.6. The first kappa shape index (κ1) is 18.0. The molecule has 1 aromatic heterocycles. The Morgan fingerprint density at radius 2 is 2.11 bits per heavy atom. The number of ether oxygens (including phenoxy) is 1. The van der Waals surface area contributed by atoms with Gasteiger partial charge in [-0.1, -0.05) is 18.1 Å². The standard InChI is InChI=1S/C21H28N4O2/c1-16-6-7-19-18(12-16)21-17(15-27-19)13-23-25(21)14-20(26)22-8-5-11-24-9-3-2-4-10-24/h6-7,12-13H,2-5,8-11,14-15H2,1H3,(H,22,26). The number of amides is 1. The second kappa shape index (κ2) is 8.13. The van der Waals surface area contributed by atoms with Crippen molar-refractivity contribution in [2.45, 2.75) is 45.8 Å². The number of carbonyl (C=O) groups is 1. The van der Waals surface area contributed by atoms with E-state index in [1.807, 2.05) is 18.3 Å². The van der Waals surface area contributed by atoms with Gasteiger partial charge in [0.15, 0.2) is 0 Å². The quantitative estimate of drug-likeness (QED) is 0.797. The molecule has 0 aliphatic carbocycles. The van der Waals surface area contributed by atoms with E-state index in [1.165, 1.54) is 37.9 Å². The van der Waals surface area contributed by atoms with Crippen molar-refractivity contribution in [1.29, 1.82) is 0 Å². The second-order valence-electron chi connectivity index (χ2n) is 7.57. The molecule has 0 atom stereocenters. The molecule has 0 spiro atoms. The van der Waals surface area contributed by atoms with Gasteiger partial charge in [-0.05, 0) is 58.0 Å². The van der Waals surface area contributed by atoms with Crippen LogP contribution in [0.15, 0.2) is 24.4 Å². The first-order valence-corrected chi connectivity index (χ1v) is 9.98. The number of aromatic nitrogens is 2. The molecule has 1 fully saturated rings. The Hall–Kier alpha value is -2.34. The Balaban J connectivity index is 1.34. The van der Waals surface area contributed by atoms with Crippen molar-refractivity contribution in [3.05, 3.63) is 35.5 Å². The van der Waals surface area contributed by atoms with Gasteiger partial charge in [0.25, 0.3) is 0 Å². The Labute approximate surface area is 160 Å². The van der Waals surface area contributed by atoms with Crippen molar-refractivity contribution in [2.24, 2.45) is 0 Å². The molecule has 2 aromatic rings. The van der Waals surface area contributed by atoms with Crippen LogP contribution in [0.4, 0.5) is 0 Å². The summed E-state index contributed by atoms with van der Waals surface area (Å²) in [6.45, 7) is 7.00. The van der Waals surface area contributed by atoms with Gasteiger partial charge in [-0.25, -0.2) is 0 Å². The third-order valence-corrected chi connectivity index (χ3v) is 5.40. The molecule has 1 saturated heterocycles. The van der Waals surface area contributed by atoms with E-state index in [9.17, 15) is 4.79 Å². The average molecular weight is 368 g/mol. The van der Waals surface area contributed by atoms with Crippen LogP contribution in [0.1, 0.15) is 36.8 Å². The van der Waals surface area contributed by atoms with E-state index >= 15 is 0 Å². The maximum Gasteiger partial charge on any atom is 0.241 e. The fourth-order valence-corrected chi connectivity index (χ4v) is 3.98. The predicted octanol–water partition coefficient (Wildman–Crippen LogP) is 2.74. The van der Waals surface area contributed by atoms with Crippen molar-refractivity contribution in [3.8, 4) is 17.0 Å². The number of hydrogen-bond acceptors (Lipinski definition) is 4. The van der Waals surface area contributed by atoms with E-state index in [0.29, 0.717) is 6.61 Å². The first-order chi connectivity index (χ1) is 13.2. The minimum atomic E-state index is 0.0141. The molecule has 4 rings (SSSR count). The number of hydrogen-bond donors (Lipinski definition) is 1. The first-order valence-electron chi connectivity index (χ1n) is 9.98. The molecule has 27 heavy (non-hydrogen) atoms. The molecule has 0 radical (unpaired) electrons. The SMILES string of the molecule is Cc1ccc2c(c1)-c1c(cnn1CC(=O)NCCCN1CCCCC1)CO2. The molecule has 0 saturated carbocycles. The third-order valence-electron chi connectivity index (χ3n) is 5.40. The lowest BCUT2D eigenvalue weighted by molar-refractivity contribution is -0.121. The third kappa shape index (κ3) is 4.16. The molecule has 2 aliphatic heterocycles. The molecule has 2 aliphatic rings. The fraction of sp³-hybridized carbons (Fsp3) is 0.524. The van der Waals surface area contributed by atoms with E-state index in [2.05, 4.69) is 28.3 Å². The maximum absolute atomic E-state index is 12.4. The summed E-state index contributed by atoms with van der Waals surface area (Å²) in [5, 5.41) is 7.48. The normalized spacial score (nSPS) is 16.3. The van der Waals surface area contributed by atoms with Crippen molar-refractivity contribution in [1.82, 2.24) is 20.0 Å². The summed E-state index contributed by atoms with van der Waals surface area (Å²) in [5.41, 5.74) is 4.22. The summed E-state index contributed by atoms with van der Waals surface area (Å²) in [6, 6.07) is 6.13. The van der Waals surface area contributed by atoms with Gasteiger partial charge >= 0.3 is 0 Å². The number of likely N-dealkylation sites (tertiary alicyclic amines) is 1. The van der Waals surface area contributed by atoms with Crippen LogP contribution >= 0.6 is 0 Å². The fourth-order valence-electron chi connectivity index (χ4n) is 3.98. The monoisotopic (exact) mass is 368 g/mol. The van der Waals surface area contributed by atoms with Crippen LogP contribution in [0.5, 0.6) is 5.75 Å². The topological polar surface area (TPSA) is 59.4 Å². The highest BCUT2D eigenvalue weighted by molar-refractivity contribution is 5.78. The van der Waals surface area contributed by atoms with Crippen LogP contribution in [0.25, 0.3) is 11.3 Å². The molecule has 0 unspecified atom stereocenters. The molecular weight excluding hydrogens is 340 g/mol. The van der Waals surface area contributed by atoms with E-state index in [0.717, 1.165) is 42.1 Å². The van der Waals surface area contributed by atoms with Gasteiger partial charge in [0.2, 0.25) is 5.91 Å². The molecular formula is C21H28N4O2. The van der Waals surface area contributed by atoms with E-state index in [4.69, 9.17) is 4.74 Å². The smallest absolute Gasteiger partial charge is 0.241 e. The second-order valence-corrected chi connectivity index (χ2v) is 7.57. The van der Waals surface area contributed by atoms with Crippen LogP contribution in [0, 0.1) is 6.92 Å². The van der Waals surface area contributed by atoms with E-state index in [1.54, 1.807) is 4.68 Å². The zero-order valence-electron chi connectivity index (χ0n) is 16.0. The van der Waals surface area contributed by atoms with Crippen LogP contribution in [-0.4, -0.2) is 46.8 Å². The van der Waals surface area contributed by atoms with Crippen LogP contribution in [-0.2, 0) is 17.9 Å². The van der Waals surface area contributed by atoms with Gasteiger partial charge in [-0.3, -0.25) is 9.48 Å².